The van der Waals surface area contributed by atoms with Crippen LogP contribution in [0.15, 0.2) is 24.3 Å². The van der Waals surface area contributed by atoms with E-state index in [4.69, 9.17) is 14.6 Å². The summed E-state index contributed by atoms with van der Waals surface area (Å²) in [6.45, 7) is 1.98. The Hall–Kier alpha value is -2.51. The van der Waals surface area contributed by atoms with Gasteiger partial charge in [-0.3, -0.25) is 0 Å². The smallest absolute Gasteiger partial charge is 0.378 e. The number of ether oxygens (including phenoxy) is 2. The third kappa shape index (κ3) is 5.27. The number of benzene rings is 1. The third-order valence-corrected chi connectivity index (χ3v) is 6.78. The maximum absolute atomic E-state index is 14.4. The maximum Gasteiger partial charge on any atom is 0.378 e. The van der Waals surface area contributed by atoms with Crippen molar-refractivity contribution < 1.29 is 37.7 Å². The van der Waals surface area contributed by atoms with Gasteiger partial charge in [0.1, 0.15) is 5.60 Å². The van der Waals surface area contributed by atoms with Gasteiger partial charge in [0.25, 0.3) is 0 Å². The number of hydrogen-bond acceptors (Lipinski definition) is 5. The van der Waals surface area contributed by atoms with Crippen molar-refractivity contribution in [3.63, 3.8) is 0 Å². The first kappa shape index (κ1) is 24.1. The lowest BCUT2D eigenvalue weighted by atomic mass is 9.83. The van der Waals surface area contributed by atoms with Crippen LogP contribution in [0.1, 0.15) is 91.8 Å². The summed E-state index contributed by atoms with van der Waals surface area (Å²) < 4.78 is 39.5. The summed E-state index contributed by atoms with van der Waals surface area (Å²) in [5, 5.41) is 8.99. The van der Waals surface area contributed by atoms with E-state index in [1.165, 1.54) is 24.3 Å². The number of esters is 2. The van der Waals surface area contributed by atoms with Crippen molar-refractivity contribution >= 4 is 17.9 Å². The van der Waals surface area contributed by atoms with Crippen LogP contribution in [0.25, 0.3) is 0 Å². The number of carbonyl (C=O) groups excluding carboxylic acids is 2. The van der Waals surface area contributed by atoms with Gasteiger partial charge in [0.15, 0.2) is 6.10 Å². The van der Waals surface area contributed by atoms with Crippen LogP contribution in [0.4, 0.5) is 8.78 Å². The lowest BCUT2D eigenvalue weighted by molar-refractivity contribution is -0.189. The quantitative estimate of drug-likeness (QED) is 0.532. The molecule has 8 heteroatoms. The molecule has 1 N–H and O–H groups in total. The first-order chi connectivity index (χ1) is 15.2. The standard InChI is InChI=1S/C24H30F2O6/c1-2-23(14-6-7-15-23)32-21(28)18-12-10-17(11-13-18)20(27)31-19(24(25,26)22(29)30)16-8-4-3-5-9-16/h10-13,16,19H,2-9,14-15H2,1H3,(H,29,30). The van der Waals surface area contributed by atoms with Crippen LogP contribution in [0.2, 0.25) is 0 Å². The normalized spacial score (nSPS) is 19.8. The van der Waals surface area contributed by atoms with Gasteiger partial charge in [-0.15, -0.1) is 0 Å². The minimum absolute atomic E-state index is 0.0328. The zero-order valence-corrected chi connectivity index (χ0v) is 18.3. The summed E-state index contributed by atoms with van der Waals surface area (Å²) in [5.41, 5.74) is -0.236. The van der Waals surface area contributed by atoms with E-state index in [2.05, 4.69) is 0 Å². The molecule has 0 aliphatic heterocycles. The fourth-order valence-corrected chi connectivity index (χ4v) is 4.75. The molecule has 1 unspecified atom stereocenters. The highest BCUT2D eigenvalue weighted by Gasteiger charge is 2.53. The molecule has 0 spiro atoms. The zero-order valence-electron chi connectivity index (χ0n) is 18.3. The number of halogens is 2. The Bertz CT molecular complexity index is 823. The molecular formula is C24H30F2O6. The lowest BCUT2D eigenvalue weighted by Gasteiger charge is -2.33. The Labute approximate surface area is 186 Å². The Morgan fingerprint density at radius 2 is 1.53 bits per heavy atom. The van der Waals surface area contributed by atoms with Crippen molar-refractivity contribution in [1.82, 2.24) is 0 Å². The van der Waals surface area contributed by atoms with Gasteiger partial charge in [-0.1, -0.05) is 26.2 Å². The monoisotopic (exact) mass is 452 g/mol. The van der Waals surface area contributed by atoms with Crippen LogP contribution in [-0.4, -0.2) is 40.6 Å². The molecule has 1 aromatic rings. The molecule has 1 atom stereocenters. The number of alkyl halides is 2. The van der Waals surface area contributed by atoms with Crippen molar-refractivity contribution in [1.29, 1.82) is 0 Å². The van der Waals surface area contributed by atoms with Crippen LogP contribution >= 0.6 is 0 Å². The fourth-order valence-electron chi connectivity index (χ4n) is 4.75. The second-order valence-electron chi connectivity index (χ2n) is 8.86. The topological polar surface area (TPSA) is 89.9 Å². The molecule has 1 aromatic carbocycles. The molecule has 176 valence electrons. The largest absolute Gasteiger partial charge is 0.477 e. The van der Waals surface area contributed by atoms with E-state index in [9.17, 15) is 23.2 Å². The van der Waals surface area contributed by atoms with Crippen LogP contribution in [0, 0.1) is 5.92 Å². The average molecular weight is 452 g/mol. The molecule has 2 saturated carbocycles. The van der Waals surface area contributed by atoms with Crippen molar-refractivity contribution in [2.24, 2.45) is 5.92 Å². The Balaban J connectivity index is 1.70. The Kier molecular flexibility index (Phi) is 7.51. The molecule has 2 aliphatic carbocycles. The van der Waals surface area contributed by atoms with Gasteiger partial charge in [-0.2, -0.15) is 8.78 Å². The van der Waals surface area contributed by atoms with Gasteiger partial charge in [-0.05, 0) is 69.2 Å². The van der Waals surface area contributed by atoms with Crippen LogP contribution < -0.4 is 0 Å². The Morgan fingerprint density at radius 1 is 1.00 bits per heavy atom. The van der Waals surface area contributed by atoms with E-state index in [1.807, 2.05) is 6.92 Å². The molecule has 0 saturated heterocycles. The molecule has 3 rings (SSSR count). The van der Waals surface area contributed by atoms with Gasteiger partial charge in [0, 0.05) is 5.92 Å². The van der Waals surface area contributed by atoms with Crippen LogP contribution in [0.5, 0.6) is 0 Å². The summed E-state index contributed by atoms with van der Waals surface area (Å²) in [6.07, 6.45) is 5.36. The second-order valence-corrected chi connectivity index (χ2v) is 8.86. The number of carboxylic acid groups (broad SMARTS) is 1. The highest BCUT2D eigenvalue weighted by molar-refractivity contribution is 5.93. The van der Waals surface area contributed by atoms with Gasteiger partial charge >= 0.3 is 23.8 Å². The number of hydrogen-bond donors (Lipinski definition) is 1. The summed E-state index contributed by atoms with van der Waals surface area (Å²) in [4.78, 5) is 36.2. The van der Waals surface area contributed by atoms with E-state index in [0.29, 0.717) is 25.7 Å². The molecule has 0 bridgehead atoms. The maximum atomic E-state index is 14.4. The van der Waals surface area contributed by atoms with E-state index in [1.54, 1.807) is 0 Å². The number of rotatable bonds is 8. The van der Waals surface area contributed by atoms with E-state index in [0.717, 1.165) is 38.5 Å². The molecule has 2 aliphatic rings. The average Bonchev–Trinajstić information content (AvgIpc) is 3.26. The van der Waals surface area contributed by atoms with Gasteiger partial charge in [0.2, 0.25) is 0 Å². The predicted octanol–water partition coefficient (Wildman–Crippen LogP) is 5.39. The third-order valence-electron chi connectivity index (χ3n) is 6.78. The molecule has 32 heavy (non-hydrogen) atoms. The molecule has 0 amide bonds. The lowest BCUT2D eigenvalue weighted by Crippen LogP contribution is -2.48. The molecule has 6 nitrogen and oxygen atoms in total. The zero-order chi connectivity index (χ0) is 23.4. The SMILES string of the molecule is CCC1(OC(=O)c2ccc(C(=O)OC(C3CCCCC3)C(F)(F)C(=O)O)cc2)CCCC1. The summed E-state index contributed by atoms with van der Waals surface area (Å²) in [6, 6.07) is 5.40. The Morgan fingerprint density at radius 3 is 2.03 bits per heavy atom. The van der Waals surface area contributed by atoms with Crippen molar-refractivity contribution in [2.75, 3.05) is 0 Å². The molecule has 0 heterocycles. The minimum Gasteiger partial charge on any atom is -0.477 e. The summed E-state index contributed by atoms with van der Waals surface area (Å²) >= 11 is 0. The first-order valence-electron chi connectivity index (χ1n) is 11.3. The molecule has 0 radical (unpaired) electrons. The summed E-state index contributed by atoms with van der Waals surface area (Å²) in [5.74, 6) is -8.74. The molecule has 0 aromatic heterocycles. The van der Waals surface area contributed by atoms with Crippen LogP contribution in [0.3, 0.4) is 0 Å². The fraction of sp³-hybridized carbons (Fsp3) is 0.625. The first-order valence-corrected chi connectivity index (χ1v) is 11.3. The second kappa shape index (κ2) is 9.96. The number of carboxylic acids is 1. The highest BCUT2D eigenvalue weighted by atomic mass is 19.3. The van der Waals surface area contributed by atoms with Gasteiger partial charge < -0.3 is 14.6 Å². The van der Waals surface area contributed by atoms with Crippen LogP contribution in [-0.2, 0) is 14.3 Å². The van der Waals surface area contributed by atoms with Crippen molar-refractivity contribution in [2.45, 2.75) is 88.8 Å². The van der Waals surface area contributed by atoms with E-state index >= 15 is 0 Å². The van der Waals surface area contributed by atoms with Crippen molar-refractivity contribution in [3.8, 4) is 0 Å². The highest BCUT2D eigenvalue weighted by Crippen LogP contribution is 2.38. The van der Waals surface area contributed by atoms with Crippen molar-refractivity contribution in [3.05, 3.63) is 35.4 Å². The molecular weight excluding hydrogens is 422 g/mol. The summed E-state index contributed by atoms with van der Waals surface area (Å²) in [7, 11) is 0. The van der Waals surface area contributed by atoms with E-state index < -0.39 is 41.5 Å². The minimum atomic E-state index is -4.18. The molecule has 2 fully saturated rings. The van der Waals surface area contributed by atoms with Gasteiger partial charge in [0.05, 0.1) is 11.1 Å². The van der Waals surface area contributed by atoms with Gasteiger partial charge in [-0.25, -0.2) is 14.4 Å². The number of carbonyl (C=O) groups is 3. The predicted molar refractivity (Wildman–Crippen MR) is 112 cm³/mol. The van der Waals surface area contributed by atoms with E-state index in [-0.39, 0.29) is 11.1 Å². The number of aliphatic carboxylic acids is 1.